The number of rotatable bonds is 6. The number of carbonyl (C=O) groups excluding carboxylic acids is 1. The van der Waals surface area contributed by atoms with E-state index in [0.717, 1.165) is 19.4 Å². The van der Waals surface area contributed by atoms with Gasteiger partial charge in [-0.2, -0.15) is 0 Å². The Morgan fingerprint density at radius 1 is 1.31 bits per heavy atom. The molecule has 3 nitrogen and oxygen atoms in total. The van der Waals surface area contributed by atoms with Crippen molar-refractivity contribution in [2.24, 2.45) is 11.1 Å². The van der Waals surface area contributed by atoms with E-state index in [9.17, 15) is 4.79 Å². The fraction of sp³-hybridized carbons (Fsp3) is 0.923. The average Bonchev–Trinajstić information content (AvgIpc) is 2.19. The maximum Gasteiger partial charge on any atom is 0.217 e. The molecule has 0 aromatic carbocycles. The predicted molar refractivity (Wildman–Crippen MR) is 67.1 cm³/mol. The van der Waals surface area contributed by atoms with Crippen LogP contribution >= 0.6 is 0 Å². The highest BCUT2D eigenvalue weighted by atomic mass is 16.1. The lowest BCUT2D eigenvalue weighted by Crippen LogP contribution is -2.36. The molecule has 94 valence electrons. The van der Waals surface area contributed by atoms with Crippen LogP contribution in [0.4, 0.5) is 0 Å². The van der Waals surface area contributed by atoms with Crippen LogP contribution < -0.4 is 11.1 Å². The molecule has 16 heavy (non-hydrogen) atoms. The van der Waals surface area contributed by atoms with Crippen LogP contribution in [0.1, 0.15) is 58.8 Å². The van der Waals surface area contributed by atoms with E-state index in [-0.39, 0.29) is 5.91 Å². The lowest BCUT2D eigenvalue weighted by molar-refractivity contribution is -0.118. The molecule has 0 radical (unpaired) electrons. The highest BCUT2D eigenvalue weighted by Crippen LogP contribution is 2.34. The molecular formula is C13H26N2O. The Balaban J connectivity index is 2.00. The third kappa shape index (κ3) is 5.50. The van der Waals surface area contributed by atoms with Crippen LogP contribution in [-0.4, -0.2) is 18.5 Å². The average molecular weight is 226 g/mol. The van der Waals surface area contributed by atoms with Crippen molar-refractivity contribution in [1.82, 2.24) is 5.32 Å². The topological polar surface area (TPSA) is 55.1 Å². The zero-order chi connectivity index (χ0) is 12.0. The van der Waals surface area contributed by atoms with E-state index < -0.39 is 0 Å². The Kier molecular flexibility index (Phi) is 5.26. The molecule has 1 rings (SSSR count). The number of unbranched alkanes of at least 4 members (excludes halogenated alkanes) is 1. The zero-order valence-electron chi connectivity index (χ0n) is 10.7. The van der Waals surface area contributed by atoms with Crippen molar-refractivity contribution in [2.45, 2.75) is 64.8 Å². The first-order valence-electron chi connectivity index (χ1n) is 6.51. The number of carbonyl (C=O) groups is 1. The van der Waals surface area contributed by atoms with Crippen molar-refractivity contribution in [1.29, 1.82) is 0 Å². The van der Waals surface area contributed by atoms with Crippen molar-refractivity contribution in [2.75, 3.05) is 6.54 Å². The Labute approximate surface area is 99.2 Å². The summed E-state index contributed by atoms with van der Waals surface area (Å²) in [4.78, 5) is 10.5. The smallest absolute Gasteiger partial charge is 0.217 e. The number of hydrogen-bond acceptors (Lipinski definition) is 2. The molecule has 1 amide bonds. The highest BCUT2D eigenvalue weighted by Gasteiger charge is 2.26. The van der Waals surface area contributed by atoms with Gasteiger partial charge in [-0.3, -0.25) is 4.79 Å². The van der Waals surface area contributed by atoms with E-state index in [2.05, 4.69) is 19.2 Å². The lowest BCUT2D eigenvalue weighted by Gasteiger charge is -2.34. The van der Waals surface area contributed by atoms with Gasteiger partial charge in [0.05, 0.1) is 0 Å². The van der Waals surface area contributed by atoms with Gasteiger partial charge in [0, 0.05) is 12.5 Å². The fourth-order valence-corrected chi connectivity index (χ4v) is 2.33. The number of amides is 1. The molecule has 0 atom stereocenters. The van der Waals surface area contributed by atoms with Gasteiger partial charge < -0.3 is 11.1 Å². The molecule has 3 heteroatoms. The molecule has 1 aliphatic rings. The number of hydrogen-bond donors (Lipinski definition) is 2. The summed E-state index contributed by atoms with van der Waals surface area (Å²) in [5, 5.41) is 3.58. The van der Waals surface area contributed by atoms with Crippen LogP contribution in [0.5, 0.6) is 0 Å². The Morgan fingerprint density at radius 2 is 1.94 bits per heavy atom. The van der Waals surface area contributed by atoms with E-state index in [1.165, 1.54) is 25.7 Å². The largest absolute Gasteiger partial charge is 0.370 e. The van der Waals surface area contributed by atoms with Crippen LogP contribution in [0.25, 0.3) is 0 Å². The van der Waals surface area contributed by atoms with Gasteiger partial charge in [-0.1, -0.05) is 13.8 Å². The van der Waals surface area contributed by atoms with E-state index in [0.29, 0.717) is 17.9 Å². The van der Waals surface area contributed by atoms with Crippen molar-refractivity contribution in [3.63, 3.8) is 0 Å². The number of nitrogens with one attached hydrogen (secondary N) is 1. The predicted octanol–water partition coefficient (Wildman–Crippen LogP) is 2.20. The summed E-state index contributed by atoms with van der Waals surface area (Å²) in [5.74, 6) is -0.181. The van der Waals surface area contributed by atoms with Gasteiger partial charge in [-0.25, -0.2) is 0 Å². The number of nitrogens with two attached hydrogens (primary N) is 1. The molecule has 0 heterocycles. The van der Waals surface area contributed by atoms with Crippen molar-refractivity contribution in [3.8, 4) is 0 Å². The molecule has 0 bridgehead atoms. The van der Waals surface area contributed by atoms with Gasteiger partial charge in [0.2, 0.25) is 5.91 Å². The quantitative estimate of drug-likeness (QED) is 0.682. The molecular weight excluding hydrogens is 200 g/mol. The zero-order valence-corrected chi connectivity index (χ0v) is 10.7. The van der Waals surface area contributed by atoms with Crippen LogP contribution in [-0.2, 0) is 4.79 Å². The van der Waals surface area contributed by atoms with Gasteiger partial charge in [0.15, 0.2) is 0 Å². The normalized spacial score (nSPS) is 20.9. The molecule has 0 aromatic rings. The van der Waals surface area contributed by atoms with Gasteiger partial charge in [0.25, 0.3) is 0 Å². The maximum absolute atomic E-state index is 10.5. The summed E-state index contributed by atoms with van der Waals surface area (Å²) in [6.07, 6.45) is 7.74. The van der Waals surface area contributed by atoms with Crippen LogP contribution in [0.2, 0.25) is 0 Å². The molecule has 0 aromatic heterocycles. The molecule has 3 N–H and O–H groups in total. The summed E-state index contributed by atoms with van der Waals surface area (Å²) in [7, 11) is 0. The Hall–Kier alpha value is -0.570. The van der Waals surface area contributed by atoms with E-state index in [1.807, 2.05) is 0 Å². The minimum absolute atomic E-state index is 0.181. The molecule has 1 fully saturated rings. The minimum Gasteiger partial charge on any atom is -0.370 e. The third-order valence-corrected chi connectivity index (χ3v) is 3.62. The summed E-state index contributed by atoms with van der Waals surface area (Å²) in [6, 6.07) is 0.696. The molecule has 1 aliphatic carbocycles. The van der Waals surface area contributed by atoms with Crippen LogP contribution in [0.15, 0.2) is 0 Å². The molecule has 0 aliphatic heterocycles. The second-order valence-corrected chi connectivity index (χ2v) is 5.82. The molecule has 1 saturated carbocycles. The van der Waals surface area contributed by atoms with Crippen molar-refractivity contribution >= 4 is 5.91 Å². The maximum atomic E-state index is 10.5. The third-order valence-electron chi connectivity index (χ3n) is 3.62. The highest BCUT2D eigenvalue weighted by molar-refractivity contribution is 5.73. The first kappa shape index (κ1) is 13.5. The van der Waals surface area contributed by atoms with Gasteiger partial charge in [-0.05, 0) is 50.5 Å². The summed E-state index contributed by atoms with van der Waals surface area (Å²) in [6.45, 7) is 5.74. The summed E-state index contributed by atoms with van der Waals surface area (Å²) >= 11 is 0. The van der Waals surface area contributed by atoms with Gasteiger partial charge >= 0.3 is 0 Å². The van der Waals surface area contributed by atoms with Crippen LogP contribution in [0.3, 0.4) is 0 Å². The Morgan fingerprint density at radius 3 is 2.50 bits per heavy atom. The molecule has 0 unspecified atom stereocenters. The molecule has 0 saturated heterocycles. The van der Waals surface area contributed by atoms with Gasteiger partial charge in [-0.15, -0.1) is 0 Å². The van der Waals surface area contributed by atoms with Gasteiger partial charge in [0.1, 0.15) is 0 Å². The van der Waals surface area contributed by atoms with E-state index >= 15 is 0 Å². The number of primary amides is 1. The van der Waals surface area contributed by atoms with E-state index in [1.54, 1.807) is 0 Å². The first-order valence-corrected chi connectivity index (χ1v) is 6.51. The molecule has 0 spiro atoms. The van der Waals surface area contributed by atoms with Crippen LogP contribution in [0, 0.1) is 5.41 Å². The van der Waals surface area contributed by atoms with Crippen molar-refractivity contribution < 1.29 is 4.79 Å². The summed E-state index contributed by atoms with van der Waals surface area (Å²) < 4.78 is 0. The lowest BCUT2D eigenvalue weighted by atomic mass is 9.75. The van der Waals surface area contributed by atoms with E-state index in [4.69, 9.17) is 5.73 Å². The SMILES string of the molecule is CC1(C)CCC(NCCCCC(N)=O)CC1. The second kappa shape index (κ2) is 6.24. The summed E-state index contributed by atoms with van der Waals surface area (Å²) in [5.41, 5.74) is 5.63. The fourth-order valence-electron chi connectivity index (χ4n) is 2.33. The monoisotopic (exact) mass is 226 g/mol. The minimum atomic E-state index is -0.181. The van der Waals surface area contributed by atoms with Crippen molar-refractivity contribution in [3.05, 3.63) is 0 Å². The second-order valence-electron chi connectivity index (χ2n) is 5.82. The first-order chi connectivity index (χ1) is 7.49. The standard InChI is InChI=1S/C13H26N2O/c1-13(2)8-6-11(7-9-13)15-10-4-3-5-12(14)16/h11,15H,3-10H2,1-2H3,(H2,14,16). The Bertz CT molecular complexity index is 216.